The van der Waals surface area contributed by atoms with E-state index >= 15 is 43.2 Å². The Bertz CT molecular complexity index is 5360. The highest BCUT2D eigenvalue weighted by molar-refractivity contribution is 8.00. The van der Waals surface area contributed by atoms with Gasteiger partial charge in [-0.25, -0.2) is 4.98 Å². The molecule has 45 nitrogen and oxygen atoms in total. The Balaban J connectivity index is 1.03. The van der Waals surface area contributed by atoms with E-state index in [1.165, 1.54) is 50.9 Å². The topological polar surface area (TPSA) is 671 Å². The van der Waals surface area contributed by atoms with Crippen LogP contribution in [0.2, 0.25) is 0 Å². The monoisotopic (exact) mass is 1920 g/mol. The second-order valence-corrected chi connectivity index (χ2v) is 35.5. The third-order valence-electron chi connectivity index (χ3n) is 24.6. The van der Waals surface area contributed by atoms with Crippen molar-refractivity contribution in [3.63, 3.8) is 0 Å². The molecule has 10 rings (SSSR count). The molecule has 3 aromatic heterocycles. The Kier molecular flexibility index (Phi) is 38.4. The highest BCUT2D eigenvalue weighted by Crippen LogP contribution is 2.29. The van der Waals surface area contributed by atoms with Gasteiger partial charge in [-0.3, -0.25) is 91.1 Å². The number of aliphatic carboxylic acids is 2. The van der Waals surface area contributed by atoms with Gasteiger partial charge in [0.1, 0.15) is 78.3 Å². The standard InChI is InChI=1S/C91H120N20O25S/c1-5-7-18-68-83(127)100-60(26-28-77(119)120)81(125)106-67(80(124)97-42-75(93)117)46-137-47-76(118)99-64(32-49-21-23-54(113)24-22-49)89(133)110-30-31-136-45-72(110)86(130)105-66(38-78(121)122)90(134)109-29-13-20-69(109)84(128)103-63(36-53-41-94-48-98-53)82(126)101-61(25-27-74(92)116)88(132)111-43-55(114)37-71(111)85(129)102-62(33-50-39-95-58-16-11-9-14-56(50)58)73(115)35-52(44-112)79(123)104-65(34-51-40-96-59-17-12-10-15-57(51)59)87(131)108(4)70(19-8-6-2)91(135)107(68)3/h9-12,14-17,21-24,39-41,48,52,55,60-72,95-96,112-114H,5-8,13,18-20,25-38,42-47H2,1-4H3,(H2,92,116)(H2,93,117)(H,94,98)(H,97,124)(H,99,118)(H,100,127)(H,101,126)(H,102,129)(H,103,128)(H,104,123)(H,105,130)(H,106,125)(H,119,120)(H,121,122)/t52-,55+,60-,61-,62-,63-,64-,65-,66-,67-,68-,69-,70-,71-,72-/m0/s1. The van der Waals surface area contributed by atoms with Gasteiger partial charge in [-0.15, -0.1) is 11.8 Å². The van der Waals surface area contributed by atoms with E-state index in [2.05, 4.69) is 67.8 Å². The number of carboxylic acids is 2. The number of unbranched alkanes of at least 4 members (excludes halogenated alkanes) is 2. The van der Waals surface area contributed by atoms with Crippen LogP contribution in [-0.2, 0) is 122 Å². The molecule has 0 saturated carbocycles. The molecule has 740 valence electrons. The summed E-state index contributed by atoms with van der Waals surface area (Å²) in [6.45, 7) is -0.157. The number of nitrogens with zero attached hydrogens (tertiary/aromatic N) is 6. The number of hydrogen-bond acceptors (Lipinski definition) is 25. The zero-order chi connectivity index (χ0) is 99.4. The number of morpholine rings is 1. The number of ketones is 1. The van der Waals surface area contributed by atoms with E-state index in [1.54, 1.807) is 67.8 Å². The van der Waals surface area contributed by atoms with Gasteiger partial charge in [0.05, 0.1) is 68.6 Å². The van der Waals surface area contributed by atoms with Crippen LogP contribution < -0.4 is 59.3 Å². The fourth-order valence-corrected chi connectivity index (χ4v) is 18.1. The van der Waals surface area contributed by atoms with Gasteiger partial charge in [0.25, 0.3) is 0 Å². The number of fused-ring (bicyclic) bond motifs is 5. The lowest BCUT2D eigenvalue weighted by Gasteiger charge is -2.37. The molecule has 46 heteroatoms. The van der Waals surface area contributed by atoms with Crippen LogP contribution in [0.25, 0.3) is 21.8 Å². The summed E-state index contributed by atoms with van der Waals surface area (Å²) in [5.41, 5.74) is 13.7. The van der Waals surface area contributed by atoms with E-state index in [9.17, 15) is 73.5 Å². The van der Waals surface area contributed by atoms with E-state index in [0.717, 1.165) is 24.5 Å². The number of aromatic nitrogens is 4. The average molecular weight is 1930 g/mol. The fourth-order valence-electron chi connectivity index (χ4n) is 17.2. The number of aromatic amines is 3. The van der Waals surface area contributed by atoms with Gasteiger partial charge in [-0.1, -0.05) is 88.1 Å². The van der Waals surface area contributed by atoms with Crippen molar-refractivity contribution in [2.24, 2.45) is 17.4 Å². The Labute approximate surface area is 791 Å². The first kappa shape index (κ1) is 105. The number of carbonyl (C=O) groups is 19. The minimum Gasteiger partial charge on any atom is -0.508 e. The van der Waals surface area contributed by atoms with Crippen molar-refractivity contribution >= 4 is 146 Å². The van der Waals surface area contributed by atoms with Crippen LogP contribution in [0, 0.1) is 5.92 Å². The molecule has 0 unspecified atom stereocenters. The molecule has 7 heterocycles. The maximum absolute atomic E-state index is 15.7. The van der Waals surface area contributed by atoms with Crippen LogP contribution in [0.15, 0.2) is 97.7 Å². The molecule has 137 heavy (non-hydrogen) atoms. The summed E-state index contributed by atoms with van der Waals surface area (Å²) < 4.78 is 5.69. The van der Waals surface area contributed by atoms with E-state index in [-0.39, 0.29) is 88.9 Å². The number of carbonyl (C=O) groups excluding carboxylic acids is 17. The second-order valence-electron chi connectivity index (χ2n) is 34.5. The number of amides is 16. The number of para-hydroxylation sites is 2. The molecule has 4 fully saturated rings. The van der Waals surface area contributed by atoms with E-state index < -0.39 is 292 Å². The number of imidazole rings is 1. The summed E-state index contributed by atoms with van der Waals surface area (Å²) in [5.74, 6) is -23.3. The van der Waals surface area contributed by atoms with Gasteiger partial charge in [0.15, 0.2) is 5.78 Å². The Morgan fingerprint density at radius 2 is 1.11 bits per heavy atom. The van der Waals surface area contributed by atoms with Gasteiger partial charge in [0.2, 0.25) is 94.5 Å². The summed E-state index contributed by atoms with van der Waals surface area (Å²) in [5, 5.41) is 77.7. The first-order valence-corrected chi connectivity index (χ1v) is 46.6. The molecule has 16 amide bonds. The number of aliphatic hydroxyl groups excluding tert-OH is 2. The summed E-state index contributed by atoms with van der Waals surface area (Å²) in [6, 6.07) is -2.27. The van der Waals surface area contributed by atoms with Gasteiger partial charge < -0.3 is 129 Å². The highest BCUT2D eigenvalue weighted by atomic mass is 32.2. The van der Waals surface area contributed by atoms with Crippen molar-refractivity contribution in [3.05, 3.63) is 120 Å². The lowest BCUT2D eigenvalue weighted by atomic mass is 9.93. The molecule has 4 aliphatic rings. The lowest BCUT2D eigenvalue weighted by molar-refractivity contribution is -0.153. The number of likely N-dealkylation sites (N-methyl/N-ethyl adjacent to an activating group) is 2. The van der Waals surface area contributed by atoms with Gasteiger partial charge in [-0.2, -0.15) is 0 Å². The zero-order valence-electron chi connectivity index (χ0n) is 76.3. The number of phenolic OH excluding ortho intramolecular Hbond substituents is 1. The predicted octanol–water partition coefficient (Wildman–Crippen LogP) is -3.04. The Morgan fingerprint density at radius 1 is 0.547 bits per heavy atom. The molecule has 3 aromatic carbocycles. The summed E-state index contributed by atoms with van der Waals surface area (Å²) >= 11 is 0.689. The molecule has 15 atom stereocenters. The third kappa shape index (κ3) is 28.8. The molecule has 0 spiro atoms. The number of nitrogens with one attached hydrogen (secondary N) is 12. The van der Waals surface area contributed by atoms with Gasteiger partial charge >= 0.3 is 11.9 Å². The minimum absolute atomic E-state index is 0.0544. The number of aliphatic hydroxyl groups is 2. The lowest BCUT2D eigenvalue weighted by Crippen LogP contribution is -2.63. The molecule has 0 bridgehead atoms. The van der Waals surface area contributed by atoms with Crippen LogP contribution in [-0.4, -0.2) is 338 Å². The highest BCUT2D eigenvalue weighted by Gasteiger charge is 2.48. The van der Waals surface area contributed by atoms with Crippen molar-refractivity contribution in [2.45, 2.75) is 220 Å². The molecular weight excluding hydrogens is 1810 g/mol. The van der Waals surface area contributed by atoms with Crippen molar-refractivity contribution in [1.82, 2.24) is 92.3 Å². The number of phenols is 1. The SMILES string of the molecule is CCCC[C@H]1C(=O)N(C)[C@@H](CCCC)C(=O)N[C@@H](CCC(=O)O)C(=O)N[C@H](C(=O)NCC(N)=O)CSCC(=O)N[C@@H](Cc2ccc(O)cc2)C(=O)N2CCOC[C@H]2C(=O)N[C@@H](CC(=O)O)C(=O)N2CCC[C@H]2C(=O)N[C@@H](Cc2c[nH]cn2)C(=O)N[C@@H](CCC(N)=O)C(=O)N2C[C@H](O)C[C@H]2C(=O)N[C@@H](Cc2c[nH]c3ccccc23)C(=O)C[C@@H](CO)C(=O)N[C@@H](Cc2c[nH]c3ccccc23)C(=O)N1C. The van der Waals surface area contributed by atoms with Crippen LogP contribution in [0.3, 0.4) is 0 Å². The van der Waals surface area contributed by atoms with Crippen molar-refractivity contribution in [3.8, 4) is 5.75 Å². The number of thioether (sulfide) groups is 1. The average Bonchev–Trinajstić information content (AvgIpc) is 1.68. The summed E-state index contributed by atoms with van der Waals surface area (Å²) in [6.07, 6.45) is -0.727. The number of hydrogen-bond donors (Lipinski definition) is 19. The van der Waals surface area contributed by atoms with Crippen molar-refractivity contribution in [2.75, 3.05) is 71.6 Å². The number of benzene rings is 3. The number of primary amides is 2. The normalized spacial score (nSPS) is 25.1. The molecule has 4 aliphatic heterocycles. The second kappa shape index (κ2) is 50.1. The first-order chi connectivity index (χ1) is 65.4. The minimum atomic E-state index is -1.98. The number of Topliss-reactive ketones (excluding diaryl/α,β-unsaturated/α-hetero) is 1. The number of rotatable bonds is 26. The van der Waals surface area contributed by atoms with Gasteiger partial charge in [0, 0.05) is 131 Å². The predicted molar refractivity (Wildman–Crippen MR) is 490 cm³/mol. The maximum Gasteiger partial charge on any atom is 0.305 e. The number of H-pyrrole nitrogens is 3. The largest absolute Gasteiger partial charge is 0.508 e. The number of nitrogens with two attached hydrogens (primary N) is 2. The van der Waals surface area contributed by atoms with Crippen molar-refractivity contribution in [1.29, 1.82) is 0 Å². The molecule has 21 N–H and O–H groups in total. The smallest absolute Gasteiger partial charge is 0.305 e. The van der Waals surface area contributed by atoms with E-state index in [1.807, 2.05) is 6.92 Å². The molecule has 6 aromatic rings. The summed E-state index contributed by atoms with van der Waals surface area (Å²) in [4.78, 5) is 294. The van der Waals surface area contributed by atoms with E-state index in [4.69, 9.17) is 16.2 Å². The molecule has 4 saturated heterocycles. The molecule has 0 radical (unpaired) electrons. The molecule has 0 aliphatic carbocycles. The van der Waals surface area contributed by atoms with Crippen LogP contribution in [0.5, 0.6) is 5.75 Å². The maximum atomic E-state index is 15.7. The quantitative estimate of drug-likeness (QED) is 0.0257. The van der Waals surface area contributed by atoms with Crippen LogP contribution in [0.1, 0.15) is 133 Å². The van der Waals surface area contributed by atoms with Crippen LogP contribution in [0.4, 0.5) is 0 Å². The van der Waals surface area contributed by atoms with Gasteiger partial charge in [-0.05, 0) is 79.5 Å². The number of ether oxygens (including phenoxy) is 1. The fraction of sp³-hybridized carbons (Fsp3) is 0.516. The number of aromatic hydroxyl groups is 1. The summed E-state index contributed by atoms with van der Waals surface area (Å²) in [7, 11) is 2.59. The third-order valence-corrected chi connectivity index (χ3v) is 25.7. The Hall–Kier alpha value is -13.9. The van der Waals surface area contributed by atoms with E-state index in [0.29, 0.717) is 63.1 Å². The van der Waals surface area contributed by atoms with Crippen molar-refractivity contribution < 1.29 is 121 Å². The first-order valence-electron chi connectivity index (χ1n) is 45.4. The Morgan fingerprint density at radius 3 is 1.74 bits per heavy atom. The number of carboxylic acid groups (broad SMARTS) is 2. The zero-order valence-corrected chi connectivity index (χ0v) is 77.2. The molecular formula is C91H120N20O25S. The van der Waals surface area contributed by atoms with Crippen LogP contribution >= 0.6 is 11.8 Å².